The third kappa shape index (κ3) is 1.75. The van der Waals surface area contributed by atoms with Gasteiger partial charge in [-0.2, -0.15) is 0 Å². The summed E-state index contributed by atoms with van der Waals surface area (Å²) in [6.45, 7) is 2.13. The topological polar surface area (TPSA) is 33.6 Å². The molecule has 90 valence electrons. The Labute approximate surface area is 110 Å². The van der Waals surface area contributed by atoms with Gasteiger partial charge in [-0.25, -0.2) is 0 Å². The van der Waals surface area contributed by atoms with Gasteiger partial charge in [0.1, 0.15) is 0 Å². The van der Waals surface area contributed by atoms with Crippen molar-refractivity contribution in [2.24, 2.45) is 0 Å². The lowest BCUT2D eigenvalue weighted by molar-refractivity contribution is 0.646. The maximum Gasteiger partial charge on any atom is 0.178 e. The van der Waals surface area contributed by atoms with E-state index in [0.29, 0.717) is 0 Å². The molecule has 0 saturated heterocycles. The maximum atomic E-state index is 5.42. The zero-order valence-electron chi connectivity index (χ0n) is 10.00. The summed E-state index contributed by atoms with van der Waals surface area (Å²) in [7, 11) is 0. The highest BCUT2D eigenvalue weighted by molar-refractivity contribution is 7.71. The van der Waals surface area contributed by atoms with Gasteiger partial charge in [-0.3, -0.25) is 4.98 Å². The van der Waals surface area contributed by atoms with E-state index in [9.17, 15) is 0 Å². The Morgan fingerprint density at radius 1 is 1.22 bits per heavy atom. The molecule has 3 aromatic rings. The molecule has 1 unspecified atom stereocenters. The van der Waals surface area contributed by atoms with Crippen LogP contribution in [0.3, 0.4) is 0 Å². The summed E-state index contributed by atoms with van der Waals surface area (Å²) in [6.07, 6.45) is 3.67. The van der Waals surface area contributed by atoms with E-state index in [-0.39, 0.29) is 6.04 Å². The van der Waals surface area contributed by atoms with E-state index >= 15 is 0 Å². The number of rotatable bonds is 2. The number of para-hydroxylation sites is 2. The minimum atomic E-state index is 0.169. The molecule has 2 aromatic heterocycles. The van der Waals surface area contributed by atoms with E-state index in [1.54, 1.807) is 6.20 Å². The van der Waals surface area contributed by atoms with Gasteiger partial charge in [0.25, 0.3) is 0 Å². The lowest BCUT2D eigenvalue weighted by Gasteiger charge is -2.14. The molecule has 0 aliphatic carbocycles. The van der Waals surface area contributed by atoms with Crippen molar-refractivity contribution in [1.29, 1.82) is 0 Å². The lowest BCUT2D eigenvalue weighted by Crippen LogP contribution is -2.06. The number of hydrogen-bond acceptors (Lipinski definition) is 2. The van der Waals surface area contributed by atoms with Gasteiger partial charge in [0.2, 0.25) is 0 Å². The lowest BCUT2D eigenvalue weighted by atomic mass is 10.1. The minimum absolute atomic E-state index is 0.169. The predicted molar refractivity (Wildman–Crippen MR) is 75.2 cm³/mol. The molecular weight excluding hydrogens is 242 g/mol. The number of fused-ring (bicyclic) bond motifs is 1. The standard InChI is InChI=1S/C14H13N3S/c1-10(11-5-4-8-15-9-11)17-13-7-3-2-6-12(13)16-14(17)18/h2-10H,1H3,(H,16,18). The summed E-state index contributed by atoms with van der Waals surface area (Å²) in [4.78, 5) is 7.40. The van der Waals surface area contributed by atoms with Crippen molar-refractivity contribution in [1.82, 2.24) is 14.5 Å². The number of aromatic nitrogens is 3. The molecule has 0 fully saturated rings. The molecule has 0 saturated carbocycles. The summed E-state index contributed by atoms with van der Waals surface area (Å²) >= 11 is 5.42. The maximum absolute atomic E-state index is 5.42. The monoisotopic (exact) mass is 255 g/mol. The Kier molecular flexibility index (Phi) is 2.72. The first kappa shape index (κ1) is 11.2. The average molecular weight is 255 g/mol. The molecule has 0 aliphatic heterocycles. The quantitative estimate of drug-likeness (QED) is 0.708. The van der Waals surface area contributed by atoms with Gasteiger partial charge in [0.05, 0.1) is 17.1 Å². The van der Waals surface area contributed by atoms with Crippen molar-refractivity contribution in [3.8, 4) is 0 Å². The molecule has 1 atom stereocenters. The van der Waals surface area contributed by atoms with Crippen LogP contribution in [0, 0.1) is 4.77 Å². The van der Waals surface area contributed by atoms with Crippen LogP contribution in [0.1, 0.15) is 18.5 Å². The normalized spacial score (nSPS) is 12.7. The Morgan fingerprint density at radius 3 is 2.83 bits per heavy atom. The molecular formula is C14H13N3S. The van der Waals surface area contributed by atoms with Crippen LogP contribution >= 0.6 is 12.2 Å². The first-order valence-corrected chi connectivity index (χ1v) is 6.27. The Morgan fingerprint density at radius 2 is 2.06 bits per heavy atom. The van der Waals surface area contributed by atoms with E-state index < -0.39 is 0 Å². The minimum Gasteiger partial charge on any atom is -0.331 e. The van der Waals surface area contributed by atoms with Crippen LogP contribution in [0.25, 0.3) is 11.0 Å². The fraction of sp³-hybridized carbons (Fsp3) is 0.143. The van der Waals surface area contributed by atoms with E-state index in [2.05, 4.69) is 33.6 Å². The zero-order chi connectivity index (χ0) is 12.5. The molecule has 18 heavy (non-hydrogen) atoms. The van der Waals surface area contributed by atoms with E-state index in [0.717, 1.165) is 21.4 Å². The molecule has 3 rings (SSSR count). The summed E-state index contributed by atoms with van der Waals surface area (Å²) in [5, 5.41) is 0. The van der Waals surface area contributed by atoms with Crippen molar-refractivity contribution >= 4 is 23.3 Å². The molecule has 1 aromatic carbocycles. The predicted octanol–water partition coefficient (Wildman–Crippen LogP) is 3.70. The number of benzene rings is 1. The van der Waals surface area contributed by atoms with Crippen LogP contribution in [0.15, 0.2) is 48.8 Å². The Bertz CT molecular complexity index is 727. The van der Waals surface area contributed by atoms with Gasteiger partial charge in [-0.15, -0.1) is 0 Å². The van der Waals surface area contributed by atoms with E-state index in [1.807, 2.05) is 30.5 Å². The fourth-order valence-corrected chi connectivity index (χ4v) is 2.60. The highest BCUT2D eigenvalue weighted by Gasteiger charge is 2.12. The van der Waals surface area contributed by atoms with Gasteiger partial charge in [0, 0.05) is 12.4 Å². The van der Waals surface area contributed by atoms with Crippen LogP contribution in [0.2, 0.25) is 0 Å². The van der Waals surface area contributed by atoms with Crippen LogP contribution < -0.4 is 0 Å². The van der Waals surface area contributed by atoms with E-state index in [4.69, 9.17) is 12.2 Å². The molecule has 2 heterocycles. The fourth-order valence-electron chi connectivity index (χ4n) is 2.23. The average Bonchev–Trinajstić information content (AvgIpc) is 2.75. The van der Waals surface area contributed by atoms with Crippen LogP contribution in [0.5, 0.6) is 0 Å². The molecule has 1 N–H and O–H groups in total. The Hall–Kier alpha value is -1.94. The number of H-pyrrole nitrogens is 1. The third-order valence-electron chi connectivity index (χ3n) is 3.18. The number of hydrogen-bond donors (Lipinski definition) is 1. The van der Waals surface area contributed by atoms with Crippen molar-refractivity contribution in [2.75, 3.05) is 0 Å². The third-order valence-corrected chi connectivity index (χ3v) is 3.48. The number of imidazole rings is 1. The highest BCUT2D eigenvalue weighted by atomic mass is 32.1. The van der Waals surface area contributed by atoms with Gasteiger partial charge in [-0.1, -0.05) is 18.2 Å². The van der Waals surface area contributed by atoms with Gasteiger partial charge in [-0.05, 0) is 42.9 Å². The second-order valence-corrected chi connectivity index (χ2v) is 4.67. The van der Waals surface area contributed by atoms with Crippen LogP contribution in [0.4, 0.5) is 0 Å². The van der Waals surface area contributed by atoms with Gasteiger partial charge < -0.3 is 9.55 Å². The first-order chi connectivity index (χ1) is 8.77. The number of nitrogens with zero attached hydrogens (tertiary/aromatic N) is 2. The SMILES string of the molecule is CC(c1cccnc1)n1c(=S)[nH]c2ccccc21. The largest absolute Gasteiger partial charge is 0.331 e. The highest BCUT2D eigenvalue weighted by Crippen LogP contribution is 2.23. The summed E-state index contributed by atoms with van der Waals surface area (Å²) < 4.78 is 2.87. The molecule has 3 nitrogen and oxygen atoms in total. The molecule has 0 aliphatic rings. The first-order valence-electron chi connectivity index (χ1n) is 5.86. The molecule has 4 heteroatoms. The zero-order valence-corrected chi connectivity index (χ0v) is 10.8. The van der Waals surface area contributed by atoms with Crippen LogP contribution in [-0.4, -0.2) is 14.5 Å². The van der Waals surface area contributed by atoms with Crippen molar-refractivity contribution in [2.45, 2.75) is 13.0 Å². The van der Waals surface area contributed by atoms with E-state index in [1.165, 1.54) is 0 Å². The van der Waals surface area contributed by atoms with Gasteiger partial charge >= 0.3 is 0 Å². The van der Waals surface area contributed by atoms with Crippen molar-refractivity contribution in [3.63, 3.8) is 0 Å². The molecule has 0 spiro atoms. The summed E-state index contributed by atoms with van der Waals surface area (Å²) in [5.74, 6) is 0. The molecule has 0 radical (unpaired) electrons. The van der Waals surface area contributed by atoms with Crippen molar-refractivity contribution in [3.05, 3.63) is 59.1 Å². The number of nitrogens with one attached hydrogen (secondary N) is 1. The second-order valence-electron chi connectivity index (χ2n) is 4.28. The van der Waals surface area contributed by atoms with Crippen molar-refractivity contribution < 1.29 is 0 Å². The molecule has 0 bridgehead atoms. The van der Waals surface area contributed by atoms with Crippen LogP contribution in [-0.2, 0) is 0 Å². The number of aromatic amines is 1. The molecule has 0 amide bonds. The smallest absolute Gasteiger partial charge is 0.178 e. The Balaban J connectivity index is 2.20. The number of pyridine rings is 1. The summed E-state index contributed by atoms with van der Waals surface area (Å²) in [5.41, 5.74) is 3.34. The van der Waals surface area contributed by atoms with Gasteiger partial charge in [0.15, 0.2) is 4.77 Å². The second kappa shape index (κ2) is 4.38. The summed E-state index contributed by atoms with van der Waals surface area (Å²) in [6, 6.07) is 12.3.